The standard InChI is InChI=1S/C16H16BrNO2S/c1-4-18-12-6-5-11(8-13(12)20-16(18)19)15(17)14-7-9(2)10(3)21-14/h5-8,15H,4H2,1-3H3. The molecule has 3 aromatic rings. The number of aryl methyl sites for hydroxylation is 3. The molecule has 1 aromatic carbocycles. The van der Waals surface area contributed by atoms with E-state index in [2.05, 4.69) is 35.8 Å². The Morgan fingerprint density at radius 1 is 1.33 bits per heavy atom. The number of hydrogen-bond acceptors (Lipinski definition) is 3. The molecule has 0 fully saturated rings. The van der Waals surface area contributed by atoms with Gasteiger partial charge in [-0.05, 0) is 50.1 Å². The van der Waals surface area contributed by atoms with Gasteiger partial charge in [-0.25, -0.2) is 4.79 Å². The highest BCUT2D eigenvalue weighted by Crippen LogP contribution is 2.37. The topological polar surface area (TPSA) is 35.1 Å². The number of fused-ring (bicyclic) bond motifs is 1. The lowest BCUT2D eigenvalue weighted by molar-refractivity contribution is 0.513. The fourth-order valence-corrected chi connectivity index (χ4v) is 4.18. The highest BCUT2D eigenvalue weighted by molar-refractivity contribution is 9.09. The quantitative estimate of drug-likeness (QED) is 0.626. The summed E-state index contributed by atoms with van der Waals surface area (Å²) in [5, 5.41) is 0. The molecule has 2 aromatic heterocycles. The average Bonchev–Trinajstić information content (AvgIpc) is 2.96. The van der Waals surface area contributed by atoms with Crippen molar-refractivity contribution in [2.75, 3.05) is 0 Å². The van der Waals surface area contributed by atoms with E-state index in [9.17, 15) is 4.79 Å². The molecule has 0 aliphatic heterocycles. The minimum atomic E-state index is -0.293. The molecule has 3 rings (SSSR count). The van der Waals surface area contributed by atoms with Crippen LogP contribution in [0.25, 0.3) is 11.1 Å². The lowest BCUT2D eigenvalue weighted by Gasteiger charge is -2.08. The van der Waals surface area contributed by atoms with Crippen LogP contribution in [-0.4, -0.2) is 4.57 Å². The van der Waals surface area contributed by atoms with Crippen LogP contribution in [0.4, 0.5) is 0 Å². The summed E-state index contributed by atoms with van der Waals surface area (Å²) in [6.45, 7) is 6.81. The van der Waals surface area contributed by atoms with Gasteiger partial charge < -0.3 is 4.42 Å². The third kappa shape index (κ3) is 2.49. The Bertz CT molecular complexity index is 839. The first-order valence-electron chi connectivity index (χ1n) is 6.85. The molecule has 0 radical (unpaired) electrons. The lowest BCUT2D eigenvalue weighted by Crippen LogP contribution is -2.11. The summed E-state index contributed by atoms with van der Waals surface area (Å²) in [6, 6.07) is 8.16. The molecule has 0 aliphatic carbocycles. The minimum absolute atomic E-state index is 0.120. The third-order valence-corrected chi connectivity index (χ3v) is 6.28. The lowest BCUT2D eigenvalue weighted by atomic mass is 10.1. The van der Waals surface area contributed by atoms with Crippen LogP contribution in [0.2, 0.25) is 0 Å². The van der Waals surface area contributed by atoms with Gasteiger partial charge in [-0.3, -0.25) is 4.57 Å². The summed E-state index contributed by atoms with van der Waals surface area (Å²) in [5.41, 5.74) is 3.91. The van der Waals surface area contributed by atoms with Crippen LogP contribution in [0.15, 0.2) is 33.5 Å². The Morgan fingerprint density at radius 3 is 2.71 bits per heavy atom. The van der Waals surface area contributed by atoms with Gasteiger partial charge in [0.05, 0.1) is 10.3 Å². The summed E-state index contributed by atoms with van der Waals surface area (Å²) >= 11 is 5.54. The van der Waals surface area contributed by atoms with Crippen LogP contribution in [-0.2, 0) is 6.54 Å². The van der Waals surface area contributed by atoms with E-state index in [0.717, 1.165) is 11.1 Å². The highest BCUT2D eigenvalue weighted by Gasteiger charge is 2.16. The maximum Gasteiger partial charge on any atom is 0.419 e. The van der Waals surface area contributed by atoms with Crippen molar-refractivity contribution in [3.05, 3.63) is 55.7 Å². The number of benzene rings is 1. The normalized spacial score (nSPS) is 13.0. The molecule has 0 saturated heterocycles. The Kier molecular flexibility index (Phi) is 3.80. The maximum atomic E-state index is 11.8. The molecule has 0 aliphatic rings. The predicted molar refractivity (Wildman–Crippen MR) is 90.7 cm³/mol. The summed E-state index contributed by atoms with van der Waals surface area (Å²) in [7, 11) is 0. The van der Waals surface area contributed by atoms with Gasteiger partial charge in [0.15, 0.2) is 5.58 Å². The molecule has 1 atom stereocenters. The molecule has 0 saturated carbocycles. The number of alkyl halides is 1. The summed E-state index contributed by atoms with van der Waals surface area (Å²) in [6.07, 6.45) is 0. The number of oxazole rings is 1. The van der Waals surface area contributed by atoms with Crippen LogP contribution in [0.3, 0.4) is 0 Å². The predicted octanol–water partition coefficient (Wildman–Crippen LogP) is 4.78. The van der Waals surface area contributed by atoms with Crippen molar-refractivity contribution in [2.24, 2.45) is 0 Å². The molecule has 2 heterocycles. The maximum absolute atomic E-state index is 11.8. The SMILES string of the molecule is CCn1c(=O)oc2cc(C(Br)c3cc(C)c(C)s3)ccc21. The van der Waals surface area contributed by atoms with Crippen molar-refractivity contribution in [1.29, 1.82) is 0 Å². The van der Waals surface area contributed by atoms with E-state index < -0.39 is 0 Å². The number of halogens is 1. The number of thiophene rings is 1. The van der Waals surface area contributed by atoms with E-state index in [1.54, 1.807) is 15.9 Å². The summed E-state index contributed by atoms with van der Waals surface area (Å²) in [5.74, 6) is -0.293. The number of rotatable bonds is 3. The van der Waals surface area contributed by atoms with E-state index in [1.807, 2.05) is 25.1 Å². The van der Waals surface area contributed by atoms with Gasteiger partial charge in [-0.15, -0.1) is 11.3 Å². The molecular weight excluding hydrogens is 350 g/mol. The zero-order valence-corrected chi connectivity index (χ0v) is 14.5. The van der Waals surface area contributed by atoms with Gasteiger partial charge in [-0.2, -0.15) is 0 Å². The molecule has 0 N–H and O–H groups in total. The molecule has 0 spiro atoms. The number of nitrogens with zero attached hydrogens (tertiary/aromatic N) is 1. The molecule has 5 heteroatoms. The van der Waals surface area contributed by atoms with Crippen LogP contribution >= 0.6 is 27.3 Å². The Morgan fingerprint density at radius 2 is 2.10 bits per heavy atom. The van der Waals surface area contributed by atoms with Crippen molar-refractivity contribution in [3.63, 3.8) is 0 Å². The largest absolute Gasteiger partial charge is 0.419 e. The smallest absolute Gasteiger partial charge is 0.408 e. The first-order chi connectivity index (χ1) is 10.0. The molecule has 0 bridgehead atoms. The molecule has 1 unspecified atom stereocenters. The Labute approximate surface area is 135 Å². The summed E-state index contributed by atoms with van der Waals surface area (Å²) in [4.78, 5) is 14.5. The average molecular weight is 366 g/mol. The van der Waals surface area contributed by atoms with E-state index >= 15 is 0 Å². The third-order valence-electron chi connectivity index (χ3n) is 3.74. The minimum Gasteiger partial charge on any atom is -0.408 e. The first kappa shape index (κ1) is 14.6. The zero-order valence-electron chi connectivity index (χ0n) is 12.1. The molecule has 110 valence electrons. The molecule has 3 nitrogen and oxygen atoms in total. The monoisotopic (exact) mass is 365 g/mol. The molecular formula is C16H16BrNO2S. The number of hydrogen-bond donors (Lipinski definition) is 0. The van der Waals surface area contributed by atoms with Gasteiger partial charge in [-0.1, -0.05) is 22.0 Å². The van der Waals surface area contributed by atoms with Crippen molar-refractivity contribution in [2.45, 2.75) is 32.1 Å². The Balaban J connectivity index is 2.06. The van der Waals surface area contributed by atoms with Gasteiger partial charge in [0.2, 0.25) is 0 Å². The van der Waals surface area contributed by atoms with Crippen LogP contribution < -0.4 is 5.76 Å². The van der Waals surface area contributed by atoms with Gasteiger partial charge in [0.25, 0.3) is 0 Å². The second-order valence-electron chi connectivity index (χ2n) is 5.09. The van der Waals surface area contributed by atoms with Crippen molar-refractivity contribution >= 4 is 38.4 Å². The van der Waals surface area contributed by atoms with Gasteiger partial charge >= 0.3 is 5.76 Å². The van der Waals surface area contributed by atoms with Crippen molar-refractivity contribution in [1.82, 2.24) is 4.57 Å². The van der Waals surface area contributed by atoms with E-state index in [-0.39, 0.29) is 10.6 Å². The van der Waals surface area contributed by atoms with Gasteiger partial charge in [0.1, 0.15) is 0 Å². The zero-order chi connectivity index (χ0) is 15.1. The van der Waals surface area contributed by atoms with E-state index in [4.69, 9.17) is 4.42 Å². The highest BCUT2D eigenvalue weighted by atomic mass is 79.9. The van der Waals surface area contributed by atoms with Gasteiger partial charge in [0, 0.05) is 16.3 Å². The van der Waals surface area contributed by atoms with E-state index in [1.165, 1.54) is 15.3 Å². The fourth-order valence-electron chi connectivity index (χ4n) is 2.43. The Hall–Kier alpha value is -1.33. The van der Waals surface area contributed by atoms with Crippen LogP contribution in [0, 0.1) is 13.8 Å². The van der Waals surface area contributed by atoms with Crippen molar-refractivity contribution in [3.8, 4) is 0 Å². The fraction of sp³-hybridized carbons (Fsp3) is 0.312. The van der Waals surface area contributed by atoms with Crippen molar-refractivity contribution < 1.29 is 4.42 Å². The second kappa shape index (κ2) is 5.46. The van der Waals surface area contributed by atoms with Crippen LogP contribution in [0.5, 0.6) is 0 Å². The van der Waals surface area contributed by atoms with Crippen LogP contribution in [0.1, 0.15) is 32.6 Å². The number of aromatic nitrogens is 1. The second-order valence-corrected chi connectivity index (χ2v) is 7.29. The summed E-state index contributed by atoms with van der Waals surface area (Å²) < 4.78 is 6.98. The first-order valence-corrected chi connectivity index (χ1v) is 8.58. The molecule has 21 heavy (non-hydrogen) atoms. The van der Waals surface area contributed by atoms with E-state index in [0.29, 0.717) is 12.1 Å². The molecule has 0 amide bonds.